The summed E-state index contributed by atoms with van der Waals surface area (Å²) >= 11 is 8.35. The Bertz CT molecular complexity index is 1530. The molecule has 3 rings (SSSR count). The molecule has 70 heavy (non-hydrogen) atoms. The Morgan fingerprint density at radius 3 is 1.34 bits per heavy atom. The molecule has 0 saturated heterocycles. The van der Waals surface area contributed by atoms with Crippen LogP contribution in [0.25, 0.3) is 0 Å². The number of hydrogen-bond donors (Lipinski definition) is 12. The van der Waals surface area contributed by atoms with E-state index < -0.39 is 46.7 Å². The Morgan fingerprint density at radius 1 is 0.743 bits per heavy atom. The van der Waals surface area contributed by atoms with Crippen LogP contribution in [0.15, 0.2) is 0 Å². The molecule has 2 amide bonds. The summed E-state index contributed by atoms with van der Waals surface area (Å²) in [5.41, 5.74) is 8.62. The first-order valence-electron chi connectivity index (χ1n) is 23.0. The van der Waals surface area contributed by atoms with E-state index in [2.05, 4.69) is 54.4 Å². The van der Waals surface area contributed by atoms with Gasteiger partial charge < -0.3 is 59.0 Å². The van der Waals surface area contributed by atoms with Crippen molar-refractivity contribution >= 4 is 108 Å². The molecule has 3 fully saturated rings. The number of aliphatic carboxylic acids is 3. The first kappa shape index (κ1) is 75.4. The maximum atomic E-state index is 11.8. The summed E-state index contributed by atoms with van der Waals surface area (Å²) in [5.74, 6) is 1.52. The van der Waals surface area contributed by atoms with Crippen LogP contribution in [0.5, 0.6) is 0 Å². The molecular formula is C44H85BBrN8NaO11S4. The fourth-order valence-corrected chi connectivity index (χ4v) is 8.98. The topological polar surface area (TPSA) is 332 Å². The van der Waals surface area contributed by atoms with Gasteiger partial charge >= 0.3 is 59.7 Å². The fraction of sp³-hybridized carbons (Fsp3) is 0.841. The average molecular weight is 1140 g/mol. The first-order chi connectivity index (χ1) is 31.7. The molecule has 0 aromatic carbocycles. The molecule has 402 valence electrons. The smallest absolute Gasteiger partial charge is 1.00 e. The van der Waals surface area contributed by atoms with Crippen LogP contribution in [0.3, 0.4) is 0 Å². The number of nitrogens with one attached hydrogen (secondary N) is 4. The summed E-state index contributed by atoms with van der Waals surface area (Å²) < 4.78 is 10.4. The van der Waals surface area contributed by atoms with E-state index in [0.29, 0.717) is 50.9 Å². The summed E-state index contributed by atoms with van der Waals surface area (Å²) in [4.78, 5) is 67.8. The summed E-state index contributed by atoms with van der Waals surface area (Å²) in [6.07, 6.45) is 8.20. The SMILES string of the molecule is Br.CC(C)(C)OC(=O)NCC1(CC(=O)O)CCC(=O)CC1.CC(C)(C)OC(=O)NCC1(CC(=O)O)CCC(NCCS)CC1.NCC1(CC(=O)O)CCC(NCCS)CC1.NCCSSN.[B]C#N.[H-].[Na+]. The minimum Gasteiger partial charge on any atom is -1.00 e. The number of ether oxygens (including phenoxy) is 2. The van der Waals surface area contributed by atoms with Gasteiger partial charge in [-0.15, -0.1) is 17.0 Å². The Balaban J connectivity index is -0.000000279. The van der Waals surface area contributed by atoms with Crippen molar-refractivity contribution in [1.29, 1.82) is 5.26 Å². The number of rotatable bonds is 20. The molecule has 0 aromatic heterocycles. The zero-order chi connectivity index (χ0) is 52.5. The number of amides is 2. The van der Waals surface area contributed by atoms with Gasteiger partial charge in [-0.3, -0.25) is 24.3 Å². The standard InChI is InChI=1S/C16H30N2O4S.C14H23NO5.C11H22N2O2S.C2H8N2S2.CBN.BrH.Na.H/c1-15(2,3)22-14(21)18-11-16(10-13(19)20)6-4-12(5-7-16)17-8-9-23;1-13(2,3)20-12(19)15-9-14(8-11(17)18)6-4-10(16)5-7-14;12-8-11(7-10(14)15)3-1-9(2-4-11)13-5-6-16;3-1-2-5-6-4;2-1-3;;;/h12,17,23H,4-11H2,1-3H3,(H,18,21)(H,19,20);4-9H2,1-3H3,(H,15,19)(H,17,18);9,13,16H,1-8,12H2,(H,14,15);1-4H2;;1H;;/q;;;;;;+1;-1. The van der Waals surface area contributed by atoms with E-state index >= 15 is 0 Å². The third-order valence-corrected chi connectivity index (χ3v) is 13.2. The van der Waals surface area contributed by atoms with E-state index in [-0.39, 0.29) is 90.4 Å². The number of nitrogens with two attached hydrogens (primary N) is 3. The number of carboxylic acids is 3. The number of carbonyl (C=O) groups excluding carboxylic acids is 3. The van der Waals surface area contributed by atoms with Crippen LogP contribution in [0, 0.1) is 27.5 Å². The normalized spacial score (nSPS) is 21.3. The Hall–Kier alpha value is -1.15. The van der Waals surface area contributed by atoms with E-state index in [9.17, 15) is 33.9 Å². The van der Waals surface area contributed by atoms with Gasteiger partial charge in [0.2, 0.25) is 7.85 Å². The van der Waals surface area contributed by atoms with Crippen LogP contribution < -0.4 is 67.4 Å². The van der Waals surface area contributed by atoms with Crippen LogP contribution in [-0.2, 0) is 28.7 Å². The Morgan fingerprint density at radius 2 is 1.07 bits per heavy atom. The number of ketones is 1. The van der Waals surface area contributed by atoms with Crippen molar-refractivity contribution in [2.45, 2.75) is 161 Å². The number of carboxylic acid groups (broad SMARTS) is 3. The molecule has 13 N–H and O–H groups in total. The van der Waals surface area contributed by atoms with Crippen LogP contribution in [0.1, 0.15) is 139 Å². The molecule has 3 aliphatic carbocycles. The van der Waals surface area contributed by atoms with Crippen LogP contribution in [0.2, 0.25) is 0 Å². The number of alkyl carbamates (subject to hydrolysis) is 2. The maximum absolute atomic E-state index is 11.8. The molecule has 0 spiro atoms. The number of carbonyl (C=O) groups is 6. The number of thiol groups is 2. The van der Waals surface area contributed by atoms with Gasteiger partial charge in [0.25, 0.3) is 0 Å². The largest absolute Gasteiger partial charge is 1.00 e. The van der Waals surface area contributed by atoms with Gasteiger partial charge in [0.1, 0.15) is 17.0 Å². The molecule has 0 aliphatic heterocycles. The van der Waals surface area contributed by atoms with Crippen molar-refractivity contribution in [3.05, 3.63) is 0 Å². The van der Waals surface area contributed by atoms with Gasteiger partial charge in [0, 0.05) is 74.9 Å². The van der Waals surface area contributed by atoms with Crippen molar-refractivity contribution in [2.75, 3.05) is 56.5 Å². The second-order valence-electron chi connectivity index (χ2n) is 19.4. The minimum absolute atomic E-state index is 0. The molecule has 3 saturated carbocycles. The van der Waals surface area contributed by atoms with Gasteiger partial charge in [0.15, 0.2) is 0 Å². The number of Topliss-reactive ketones (excluding diaryl/α,β-unsaturated/α-hetero) is 1. The van der Waals surface area contributed by atoms with Crippen molar-refractivity contribution in [1.82, 2.24) is 21.3 Å². The number of nitriles is 1. The minimum atomic E-state index is -0.912. The van der Waals surface area contributed by atoms with Gasteiger partial charge in [-0.05, 0) is 145 Å². The summed E-state index contributed by atoms with van der Waals surface area (Å²) in [6.45, 7) is 14.2. The second-order valence-corrected chi connectivity index (χ2v) is 22.4. The molecule has 26 heteroatoms. The third kappa shape index (κ3) is 39.3. The van der Waals surface area contributed by atoms with Gasteiger partial charge in [-0.25, -0.2) is 14.9 Å². The van der Waals surface area contributed by atoms with Gasteiger partial charge in [-0.1, -0.05) is 10.8 Å². The van der Waals surface area contributed by atoms with Crippen molar-refractivity contribution in [2.24, 2.45) is 32.9 Å². The molecule has 2 radical (unpaired) electrons. The molecular weight excluding hydrogens is 1060 g/mol. The predicted octanol–water partition coefficient (Wildman–Crippen LogP) is 2.95. The Kier molecular flexibility index (Phi) is 44.3. The third-order valence-electron chi connectivity index (χ3n) is 11.3. The van der Waals surface area contributed by atoms with Gasteiger partial charge in [0.05, 0.1) is 19.3 Å². The molecule has 0 bridgehead atoms. The molecule has 19 nitrogen and oxygen atoms in total. The van der Waals surface area contributed by atoms with Crippen molar-refractivity contribution in [3.8, 4) is 5.97 Å². The number of nitrogens with zero attached hydrogens (tertiary/aromatic N) is 1. The van der Waals surface area contributed by atoms with E-state index in [1.165, 1.54) is 16.9 Å². The van der Waals surface area contributed by atoms with Gasteiger partial charge in [-0.2, -0.15) is 25.3 Å². The van der Waals surface area contributed by atoms with E-state index in [4.69, 9.17) is 41.6 Å². The van der Waals surface area contributed by atoms with E-state index in [0.717, 1.165) is 88.3 Å². The number of halogens is 1. The van der Waals surface area contributed by atoms with Crippen molar-refractivity contribution in [3.63, 3.8) is 0 Å². The summed E-state index contributed by atoms with van der Waals surface area (Å²) in [7, 11) is 6.99. The molecule has 0 atom stereocenters. The zero-order valence-electron chi connectivity index (χ0n) is 43.6. The summed E-state index contributed by atoms with van der Waals surface area (Å²) in [6, 6.07) is 0.922. The van der Waals surface area contributed by atoms with Crippen LogP contribution in [0.4, 0.5) is 9.59 Å². The van der Waals surface area contributed by atoms with E-state index in [1.807, 2.05) is 0 Å². The molecule has 0 aromatic rings. The van der Waals surface area contributed by atoms with E-state index in [1.54, 1.807) is 52.3 Å². The first-order valence-corrected chi connectivity index (χ1v) is 26.6. The predicted molar refractivity (Wildman–Crippen MR) is 289 cm³/mol. The molecule has 3 aliphatic rings. The quantitative estimate of drug-likeness (QED) is 0.0274. The van der Waals surface area contributed by atoms with Crippen LogP contribution >= 0.6 is 64.0 Å². The maximum Gasteiger partial charge on any atom is 1.00 e. The second kappa shape index (κ2) is 41.1. The fourth-order valence-electron chi connectivity index (χ4n) is 7.96. The van der Waals surface area contributed by atoms with Crippen LogP contribution in [-0.4, -0.2) is 139 Å². The average Bonchev–Trinajstić information content (AvgIpc) is 3.24. The molecule has 0 heterocycles. The molecule has 0 unspecified atom stereocenters. The number of hydrogen-bond acceptors (Lipinski definition) is 18. The van der Waals surface area contributed by atoms with Crippen molar-refractivity contribution < 1.29 is 84.5 Å². The monoisotopic (exact) mass is 1140 g/mol. The Labute approximate surface area is 471 Å². The summed E-state index contributed by atoms with van der Waals surface area (Å²) in [5, 5.41) is 51.5. The zero-order valence-corrected chi connectivity index (χ0v) is 49.7.